The molecule has 3 aliphatic heterocycles. The number of hydrogen-bond acceptors (Lipinski definition) is 9. The van der Waals surface area contributed by atoms with Crippen LogP contribution >= 0.6 is 0 Å². The smallest absolute Gasteiger partial charge is 0.331 e. The van der Waals surface area contributed by atoms with Gasteiger partial charge in [0.05, 0.1) is 36.1 Å². The summed E-state index contributed by atoms with van der Waals surface area (Å²) in [4.78, 5) is 11.9. The van der Waals surface area contributed by atoms with Crippen LogP contribution in [0, 0.1) is 28.6 Å². The minimum Gasteiger partial charge on any atom is -0.458 e. The first kappa shape index (κ1) is 31.4. The summed E-state index contributed by atoms with van der Waals surface area (Å²) in [6.45, 7) is 6.37. The number of aliphatic hydroxyl groups excluding tert-OH is 1. The number of benzene rings is 1. The lowest BCUT2D eigenvalue weighted by Gasteiger charge is -2.66. The van der Waals surface area contributed by atoms with Crippen LogP contribution in [0.15, 0.2) is 42.0 Å². The molecule has 0 spiro atoms. The standard InChI is InChI=1S/C37H50O9/c1-22-32-29(45-34(3,46-32)24-7-5-4-6-8-24)18-31(43-22)44-25-9-14-35(21-38)27-10-13-33(2)26(23-17-30(39)42-20-23)12-16-37(33,41)28(27)11-15-36(35,40)19-25/h4-8,17,22,25-29,31-32,38,40-41H,9-16,18-21H2,1-3H3/t22?,25-,26-,27?,28?,29?,31+,32-,33-,34?,35+,36+,37+/m1/s1. The number of ether oxygens (including phenoxy) is 5. The number of cyclic esters (lactones) is 1. The van der Waals surface area contributed by atoms with Crippen LogP contribution in [0.25, 0.3) is 0 Å². The van der Waals surface area contributed by atoms with Crippen molar-refractivity contribution >= 4 is 5.97 Å². The van der Waals surface area contributed by atoms with Crippen molar-refractivity contribution in [2.75, 3.05) is 13.2 Å². The van der Waals surface area contributed by atoms with Gasteiger partial charge < -0.3 is 39.0 Å². The number of hydrogen-bond donors (Lipinski definition) is 3. The molecule has 13 atom stereocenters. The van der Waals surface area contributed by atoms with Gasteiger partial charge in [-0.3, -0.25) is 0 Å². The van der Waals surface area contributed by atoms with Gasteiger partial charge in [0, 0.05) is 35.3 Å². The largest absolute Gasteiger partial charge is 0.458 e. The van der Waals surface area contributed by atoms with E-state index in [0.29, 0.717) is 51.6 Å². The number of carbonyl (C=O) groups excluding carboxylic acids is 1. The summed E-state index contributed by atoms with van der Waals surface area (Å²) in [5, 5.41) is 36.1. The van der Waals surface area contributed by atoms with Gasteiger partial charge in [0.25, 0.3) is 0 Å². The Kier molecular flexibility index (Phi) is 7.39. The van der Waals surface area contributed by atoms with E-state index in [0.717, 1.165) is 30.4 Å². The Morgan fingerprint density at radius 2 is 1.74 bits per heavy atom. The maximum atomic E-state index is 12.5. The highest BCUT2D eigenvalue weighted by Crippen LogP contribution is 2.70. The maximum absolute atomic E-state index is 12.5. The molecule has 0 aromatic heterocycles. The molecule has 5 unspecified atom stereocenters. The van der Waals surface area contributed by atoms with Crippen molar-refractivity contribution in [1.82, 2.24) is 0 Å². The Hall–Kier alpha value is -1.85. The lowest BCUT2D eigenvalue weighted by Crippen LogP contribution is -2.69. The second-order valence-corrected chi connectivity index (χ2v) is 16.0. The third-order valence-electron chi connectivity index (χ3n) is 14.0. The quantitative estimate of drug-likeness (QED) is 0.316. The van der Waals surface area contributed by atoms with E-state index in [-0.39, 0.29) is 60.2 Å². The SMILES string of the molecule is CC1O[C@@H](O[C@@H]2CC[C@]3(CO)C4CC[C@]5(C)[C@@H](C6=CC(=O)OC6)CC[C@]5(O)C4CC[C@]3(O)C2)CC2OC(C)(c3ccccc3)O[C@H]12. The van der Waals surface area contributed by atoms with Gasteiger partial charge in [0.15, 0.2) is 12.1 Å². The summed E-state index contributed by atoms with van der Waals surface area (Å²) in [7, 11) is 0. The Bertz CT molecular complexity index is 1380. The third-order valence-corrected chi connectivity index (χ3v) is 14.0. The zero-order chi connectivity index (χ0) is 32.1. The Labute approximate surface area is 271 Å². The Morgan fingerprint density at radius 1 is 0.957 bits per heavy atom. The number of rotatable bonds is 5. The summed E-state index contributed by atoms with van der Waals surface area (Å²) in [6.07, 6.45) is 7.01. The van der Waals surface area contributed by atoms with Crippen molar-refractivity contribution in [2.24, 2.45) is 28.6 Å². The van der Waals surface area contributed by atoms with Crippen LogP contribution in [0.1, 0.15) is 90.5 Å². The van der Waals surface area contributed by atoms with E-state index < -0.39 is 28.7 Å². The van der Waals surface area contributed by atoms with Crippen molar-refractivity contribution in [2.45, 2.75) is 133 Å². The normalized spacial score (nSPS) is 51.4. The molecule has 252 valence electrons. The Balaban J connectivity index is 0.967. The highest BCUT2D eigenvalue weighted by atomic mass is 16.8. The summed E-state index contributed by atoms with van der Waals surface area (Å²) in [6, 6.07) is 9.98. The summed E-state index contributed by atoms with van der Waals surface area (Å²) < 4.78 is 31.2. The molecule has 9 heteroatoms. The topological polar surface area (TPSA) is 124 Å². The van der Waals surface area contributed by atoms with Crippen LogP contribution in [0.4, 0.5) is 0 Å². The van der Waals surface area contributed by atoms with Gasteiger partial charge >= 0.3 is 5.97 Å². The molecule has 0 radical (unpaired) electrons. The van der Waals surface area contributed by atoms with E-state index in [2.05, 4.69) is 6.92 Å². The molecule has 7 aliphatic rings. The fourth-order valence-electron chi connectivity index (χ4n) is 11.7. The van der Waals surface area contributed by atoms with Crippen molar-refractivity contribution in [3.8, 4) is 0 Å². The highest BCUT2D eigenvalue weighted by Gasteiger charge is 2.71. The first-order valence-corrected chi connectivity index (χ1v) is 17.6. The monoisotopic (exact) mass is 638 g/mol. The molecule has 2 saturated heterocycles. The molecule has 3 N–H and O–H groups in total. The lowest BCUT2D eigenvalue weighted by atomic mass is 9.41. The minimum absolute atomic E-state index is 0.0101. The molecule has 6 fully saturated rings. The van der Waals surface area contributed by atoms with Crippen LogP contribution in [0.2, 0.25) is 0 Å². The van der Waals surface area contributed by atoms with Gasteiger partial charge in [-0.25, -0.2) is 4.79 Å². The molecule has 1 aromatic carbocycles. The molecule has 0 amide bonds. The molecular weight excluding hydrogens is 588 g/mol. The van der Waals surface area contributed by atoms with Crippen LogP contribution < -0.4 is 0 Å². The second kappa shape index (κ2) is 10.8. The molecule has 46 heavy (non-hydrogen) atoms. The number of aliphatic hydroxyl groups is 3. The van der Waals surface area contributed by atoms with Gasteiger partial charge in [-0.05, 0) is 88.5 Å². The predicted molar refractivity (Wildman–Crippen MR) is 166 cm³/mol. The predicted octanol–water partition coefficient (Wildman–Crippen LogP) is 4.51. The molecule has 4 aliphatic carbocycles. The average Bonchev–Trinajstić information content (AvgIpc) is 3.70. The van der Waals surface area contributed by atoms with Crippen LogP contribution in [-0.2, 0) is 34.3 Å². The zero-order valence-corrected chi connectivity index (χ0v) is 27.4. The molecule has 4 saturated carbocycles. The van der Waals surface area contributed by atoms with Crippen LogP contribution in [0.3, 0.4) is 0 Å². The van der Waals surface area contributed by atoms with Crippen LogP contribution in [-0.4, -0.2) is 76.4 Å². The lowest BCUT2D eigenvalue weighted by molar-refractivity contribution is -0.292. The number of fused-ring (bicyclic) bond motifs is 6. The average molecular weight is 639 g/mol. The van der Waals surface area contributed by atoms with E-state index in [1.807, 2.05) is 44.2 Å². The van der Waals surface area contributed by atoms with Gasteiger partial charge in [0.2, 0.25) is 0 Å². The van der Waals surface area contributed by atoms with Crippen LogP contribution in [0.5, 0.6) is 0 Å². The fraction of sp³-hybridized carbons (Fsp3) is 0.757. The number of carbonyl (C=O) groups is 1. The van der Waals surface area contributed by atoms with E-state index in [4.69, 9.17) is 23.7 Å². The van der Waals surface area contributed by atoms with E-state index in [9.17, 15) is 20.1 Å². The molecular formula is C37H50O9. The van der Waals surface area contributed by atoms with Gasteiger partial charge in [-0.15, -0.1) is 0 Å². The zero-order valence-electron chi connectivity index (χ0n) is 27.4. The summed E-state index contributed by atoms with van der Waals surface area (Å²) in [5.41, 5.74) is -1.08. The third kappa shape index (κ3) is 4.41. The highest BCUT2D eigenvalue weighted by molar-refractivity contribution is 5.85. The van der Waals surface area contributed by atoms with E-state index in [1.165, 1.54) is 0 Å². The number of esters is 1. The van der Waals surface area contributed by atoms with Gasteiger partial charge in [-0.2, -0.15) is 0 Å². The second-order valence-electron chi connectivity index (χ2n) is 16.0. The molecule has 1 aromatic rings. The summed E-state index contributed by atoms with van der Waals surface area (Å²) >= 11 is 0. The fourth-order valence-corrected chi connectivity index (χ4v) is 11.7. The maximum Gasteiger partial charge on any atom is 0.331 e. The van der Waals surface area contributed by atoms with Crippen molar-refractivity contribution in [3.05, 3.63) is 47.5 Å². The first-order valence-electron chi connectivity index (χ1n) is 17.6. The van der Waals surface area contributed by atoms with Gasteiger partial charge in [-0.1, -0.05) is 37.3 Å². The molecule has 0 bridgehead atoms. The van der Waals surface area contributed by atoms with E-state index in [1.54, 1.807) is 6.08 Å². The van der Waals surface area contributed by atoms with Crippen molar-refractivity contribution in [1.29, 1.82) is 0 Å². The molecule has 9 nitrogen and oxygen atoms in total. The molecule has 8 rings (SSSR count). The molecule has 3 heterocycles. The van der Waals surface area contributed by atoms with E-state index >= 15 is 0 Å². The summed E-state index contributed by atoms with van der Waals surface area (Å²) in [5.74, 6) is -1.03. The minimum atomic E-state index is -1.09. The van der Waals surface area contributed by atoms with Gasteiger partial charge in [0.1, 0.15) is 12.7 Å². The van der Waals surface area contributed by atoms with Crippen molar-refractivity contribution < 1.29 is 43.8 Å². The Morgan fingerprint density at radius 3 is 2.48 bits per heavy atom. The van der Waals surface area contributed by atoms with Crippen molar-refractivity contribution in [3.63, 3.8) is 0 Å². The first-order chi connectivity index (χ1) is 21.9.